The summed E-state index contributed by atoms with van der Waals surface area (Å²) < 4.78 is 13.9. The van der Waals surface area contributed by atoms with E-state index in [1.807, 2.05) is 37.3 Å². The van der Waals surface area contributed by atoms with Crippen LogP contribution >= 0.6 is 11.3 Å². The summed E-state index contributed by atoms with van der Waals surface area (Å²) in [6, 6.07) is 9.64. The van der Waals surface area contributed by atoms with Crippen molar-refractivity contribution in [3.63, 3.8) is 0 Å². The second-order valence-electron chi connectivity index (χ2n) is 6.83. The molecule has 1 fully saturated rings. The summed E-state index contributed by atoms with van der Waals surface area (Å²) in [6.45, 7) is 2.00. The van der Waals surface area contributed by atoms with Gasteiger partial charge in [-0.2, -0.15) is 0 Å². The van der Waals surface area contributed by atoms with E-state index in [0.717, 1.165) is 32.1 Å². The maximum Gasteiger partial charge on any atom is 0.270 e. The lowest BCUT2D eigenvalue weighted by Gasteiger charge is -2.06. The second kappa shape index (κ2) is 5.79. The number of benzene rings is 2. The highest BCUT2D eigenvalue weighted by molar-refractivity contribution is 7.22. The number of halogens is 1. The number of aromatic nitrogens is 1. The SMILES string of the molecule is Cc1ccc2c(c1-c1ccc3nc(NC(=O)C4CC4F)sc3c1)=CC(=O)N=2. The third kappa shape index (κ3) is 2.75. The molecule has 5 nitrogen and oxygen atoms in total. The Morgan fingerprint density at radius 2 is 2.11 bits per heavy atom. The van der Waals surface area contributed by atoms with Gasteiger partial charge in [-0.3, -0.25) is 9.59 Å². The summed E-state index contributed by atoms with van der Waals surface area (Å²) in [7, 11) is 0. The number of hydrogen-bond donors (Lipinski definition) is 1. The summed E-state index contributed by atoms with van der Waals surface area (Å²) in [5.41, 5.74) is 3.75. The number of rotatable bonds is 3. The molecule has 2 heterocycles. The molecule has 1 aliphatic carbocycles. The molecule has 5 rings (SSSR count). The standard InChI is InChI=1S/C20H14FN3O2S/c1-9-2-4-14-12(8-17(25)22-14)18(9)10-3-5-15-16(6-10)27-20(23-15)24-19(26)11-7-13(11)21/h2-6,8,11,13H,7H2,1H3,(H,23,24,26). The van der Waals surface area contributed by atoms with Gasteiger partial charge < -0.3 is 5.32 Å². The predicted molar refractivity (Wildman–Crippen MR) is 102 cm³/mol. The zero-order valence-corrected chi connectivity index (χ0v) is 15.1. The Labute approximate surface area is 157 Å². The van der Waals surface area contributed by atoms with Crippen LogP contribution in [0, 0.1) is 12.8 Å². The van der Waals surface area contributed by atoms with Crippen LogP contribution in [0.25, 0.3) is 27.4 Å². The molecule has 1 saturated carbocycles. The van der Waals surface area contributed by atoms with Gasteiger partial charge in [0.1, 0.15) is 6.17 Å². The Hall–Kier alpha value is -2.93. The Bertz CT molecular complexity index is 1260. The minimum absolute atomic E-state index is 0.244. The lowest BCUT2D eigenvalue weighted by atomic mass is 9.98. The first-order chi connectivity index (χ1) is 13.0. The molecular weight excluding hydrogens is 365 g/mol. The fourth-order valence-corrected chi connectivity index (χ4v) is 4.29. The van der Waals surface area contributed by atoms with E-state index in [1.54, 1.807) is 6.08 Å². The number of thiazole rings is 1. The molecule has 2 unspecified atom stereocenters. The van der Waals surface area contributed by atoms with Crippen molar-refractivity contribution in [3.05, 3.63) is 46.5 Å². The van der Waals surface area contributed by atoms with E-state index in [2.05, 4.69) is 15.3 Å². The van der Waals surface area contributed by atoms with Gasteiger partial charge in [0, 0.05) is 11.3 Å². The molecule has 2 amide bonds. The maximum atomic E-state index is 13.0. The van der Waals surface area contributed by atoms with Crippen molar-refractivity contribution in [1.29, 1.82) is 0 Å². The summed E-state index contributed by atoms with van der Waals surface area (Å²) in [5.74, 6) is -1.10. The molecule has 2 aromatic carbocycles. The van der Waals surface area contributed by atoms with Gasteiger partial charge in [-0.05, 0) is 48.2 Å². The number of anilines is 1. The smallest absolute Gasteiger partial charge is 0.270 e. The Balaban J connectivity index is 1.56. The number of aryl methyl sites for hydroxylation is 1. The third-order valence-electron chi connectivity index (χ3n) is 4.89. The maximum absolute atomic E-state index is 13.0. The molecule has 2 aliphatic rings. The molecule has 0 saturated heterocycles. The molecule has 3 aromatic rings. The molecule has 1 N–H and O–H groups in total. The molecule has 1 aromatic heterocycles. The van der Waals surface area contributed by atoms with Crippen LogP contribution in [0.4, 0.5) is 9.52 Å². The first kappa shape index (κ1) is 16.3. The monoisotopic (exact) mass is 379 g/mol. The lowest BCUT2D eigenvalue weighted by Crippen LogP contribution is -2.24. The number of hydrogen-bond acceptors (Lipinski definition) is 4. The van der Waals surface area contributed by atoms with Crippen LogP contribution in [0.5, 0.6) is 0 Å². The van der Waals surface area contributed by atoms with E-state index in [9.17, 15) is 14.0 Å². The van der Waals surface area contributed by atoms with Crippen LogP contribution in [-0.4, -0.2) is 23.0 Å². The Morgan fingerprint density at radius 3 is 2.89 bits per heavy atom. The first-order valence-electron chi connectivity index (χ1n) is 8.59. The average molecular weight is 379 g/mol. The first-order valence-corrected chi connectivity index (χ1v) is 9.41. The predicted octanol–water partition coefficient (Wildman–Crippen LogP) is 2.51. The van der Waals surface area contributed by atoms with Gasteiger partial charge in [-0.15, -0.1) is 0 Å². The van der Waals surface area contributed by atoms with E-state index < -0.39 is 12.1 Å². The van der Waals surface area contributed by atoms with Gasteiger partial charge in [-0.1, -0.05) is 23.5 Å². The minimum atomic E-state index is -1.03. The number of carbonyl (C=O) groups excluding carboxylic acids is 2. The molecule has 7 heteroatoms. The van der Waals surface area contributed by atoms with E-state index in [0.29, 0.717) is 16.9 Å². The van der Waals surface area contributed by atoms with Crippen molar-refractivity contribution >= 4 is 44.6 Å². The topological polar surface area (TPSA) is 71.4 Å². The van der Waals surface area contributed by atoms with Crippen LogP contribution < -0.4 is 15.9 Å². The zero-order valence-electron chi connectivity index (χ0n) is 14.3. The zero-order chi connectivity index (χ0) is 18.7. The highest BCUT2D eigenvalue weighted by atomic mass is 32.1. The number of fused-ring (bicyclic) bond motifs is 2. The van der Waals surface area contributed by atoms with Gasteiger partial charge in [0.05, 0.1) is 21.5 Å². The quantitative estimate of drug-likeness (QED) is 0.760. The van der Waals surface area contributed by atoms with Crippen LogP contribution in [0.3, 0.4) is 0 Å². The highest BCUT2D eigenvalue weighted by Gasteiger charge is 2.43. The number of amides is 2. The van der Waals surface area contributed by atoms with Crippen molar-refractivity contribution in [3.8, 4) is 11.1 Å². The van der Waals surface area contributed by atoms with E-state index in [-0.39, 0.29) is 11.8 Å². The molecule has 27 heavy (non-hydrogen) atoms. The van der Waals surface area contributed by atoms with E-state index in [4.69, 9.17) is 0 Å². The summed E-state index contributed by atoms with van der Waals surface area (Å²) in [5, 5.41) is 4.69. The normalized spacial score (nSPS) is 20.1. The molecule has 2 atom stereocenters. The number of nitrogens with zero attached hydrogens (tertiary/aromatic N) is 2. The minimum Gasteiger partial charge on any atom is -0.302 e. The van der Waals surface area contributed by atoms with Crippen molar-refractivity contribution in [2.24, 2.45) is 10.9 Å². The summed E-state index contributed by atoms with van der Waals surface area (Å²) in [6.07, 6.45) is 0.821. The van der Waals surface area contributed by atoms with E-state index >= 15 is 0 Å². The highest BCUT2D eigenvalue weighted by Crippen LogP contribution is 2.36. The van der Waals surface area contributed by atoms with Gasteiger partial charge in [0.25, 0.3) is 5.91 Å². The van der Waals surface area contributed by atoms with Crippen LogP contribution in [0.2, 0.25) is 0 Å². The van der Waals surface area contributed by atoms with Gasteiger partial charge >= 0.3 is 0 Å². The molecule has 0 radical (unpaired) electrons. The molecule has 0 bridgehead atoms. The van der Waals surface area contributed by atoms with Crippen molar-refractivity contribution in [2.75, 3.05) is 5.32 Å². The van der Waals surface area contributed by atoms with Crippen LogP contribution in [0.1, 0.15) is 12.0 Å². The Kier molecular flexibility index (Phi) is 3.48. The number of carbonyl (C=O) groups is 2. The third-order valence-corrected chi connectivity index (χ3v) is 5.82. The van der Waals surface area contributed by atoms with Gasteiger partial charge in [0.15, 0.2) is 5.13 Å². The fraction of sp³-hybridized carbons (Fsp3) is 0.200. The van der Waals surface area contributed by atoms with E-state index in [1.165, 1.54) is 11.3 Å². The van der Waals surface area contributed by atoms with Gasteiger partial charge in [0.2, 0.25) is 5.91 Å². The second-order valence-corrected chi connectivity index (χ2v) is 7.86. The fourth-order valence-electron chi connectivity index (χ4n) is 3.39. The molecule has 1 aliphatic heterocycles. The number of nitrogens with one attached hydrogen (secondary N) is 1. The molecule has 134 valence electrons. The van der Waals surface area contributed by atoms with Crippen molar-refractivity contribution in [2.45, 2.75) is 19.5 Å². The lowest BCUT2D eigenvalue weighted by molar-refractivity contribution is -0.117. The van der Waals surface area contributed by atoms with Gasteiger partial charge in [-0.25, -0.2) is 14.4 Å². The molecular formula is C20H14FN3O2S. The van der Waals surface area contributed by atoms with Crippen LogP contribution in [-0.2, 0) is 9.59 Å². The largest absolute Gasteiger partial charge is 0.302 e. The number of alkyl halides is 1. The Morgan fingerprint density at radius 1 is 1.30 bits per heavy atom. The summed E-state index contributed by atoms with van der Waals surface area (Å²) in [4.78, 5) is 32.1. The van der Waals surface area contributed by atoms with Crippen molar-refractivity contribution < 1.29 is 14.0 Å². The van der Waals surface area contributed by atoms with Crippen molar-refractivity contribution in [1.82, 2.24) is 4.98 Å². The van der Waals surface area contributed by atoms with Crippen LogP contribution in [0.15, 0.2) is 35.3 Å². The summed E-state index contributed by atoms with van der Waals surface area (Å²) >= 11 is 1.35. The average Bonchev–Trinajstić information content (AvgIpc) is 3.05. The molecule has 0 spiro atoms.